The van der Waals surface area contributed by atoms with Gasteiger partial charge in [-0.2, -0.15) is 13.2 Å². The molecule has 0 bridgehead atoms. The van der Waals surface area contributed by atoms with Gasteiger partial charge in [0.25, 0.3) is 11.8 Å². The van der Waals surface area contributed by atoms with E-state index in [1.54, 1.807) is 0 Å². The van der Waals surface area contributed by atoms with Gasteiger partial charge in [-0.15, -0.1) is 0 Å². The molecule has 2 aliphatic rings. The van der Waals surface area contributed by atoms with Crippen LogP contribution in [0.2, 0.25) is 10.0 Å². The van der Waals surface area contributed by atoms with Gasteiger partial charge in [-0.3, -0.25) is 29.5 Å². The summed E-state index contributed by atoms with van der Waals surface area (Å²) in [6.07, 6.45) is -3.70. The third kappa shape index (κ3) is 4.58. The van der Waals surface area contributed by atoms with Gasteiger partial charge in [0.2, 0.25) is 11.8 Å². The molecule has 2 atom stereocenters. The van der Waals surface area contributed by atoms with Crippen LogP contribution in [0.5, 0.6) is 0 Å². The van der Waals surface area contributed by atoms with Gasteiger partial charge in [-0.25, -0.2) is 0 Å². The molecule has 8 nitrogen and oxygen atoms in total. The van der Waals surface area contributed by atoms with E-state index in [2.05, 4.69) is 10.3 Å². The maximum atomic E-state index is 13.7. The van der Waals surface area contributed by atoms with Crippen molar-refractivity contribution >= 4 is 46.8 Å². The molecular weight excluding hydrogens is 500 g/mol. The summed E-state index contributed by atoms with van der Waals surface area (Å²) in [6, 6.07) is 1.54. The molecule has 0 radical (unpaired) electrons. The number of nitrogens with one attached hydrogen (secondary N) is 2. The first-order valence-corrected chi connectivity index (χ1v) is 10.7. The van der Waals surface area contributed by atoms with Crippen LogP contribution in [-0.2, 0) is 16.1 Å². The van der Waals surface area contributed by atoms with Crippen LogP contribution in [0.1, 0.15) is 50.9 Å². The van der Waals surface area contributed by atoms with Crippen molar-refractivity contribution in [3.8, 4) is 0 Å². The topological polar surface area (TPSA) is 108 Å². The van der Waals surface area contributed by atoms with Gasteiger partial charge in [0.1, 0.15) is 6.04 Å². The molecule has 4 rings (SSSR count). The van der Waals surface area contributed by atoms with E-state index in [0.29, 0.717) is 5.56 Å². The molecule has 0 saturated carbocycles. The van der Waals surface area contributed by atoms with Crippen LogP contribution in [0.15, 0.2) is 30.5 Å². The van der Waals surface area contributed by atoms with Gasteiger partial charge in [-0.05, 0) is 36.2 Å². The normalized spacial score (nSPS) is 19.0. The number of piperidine rings is 1. The van der Waals surface area contributed by atoms with Crippen LogP contribution in [0.25, 0.3) is 0 Å². The molecule has 2 aromatic rings. The second-order valence-electron chi connectivity index (χ2n) is 7.74. The zero-order chi connectivity index (χ0) is 24.8. The highest BCUT2D eigenvalue weighted by Gasteiger charge is 2.44. The quantitative estimate of drug-likeness (QED) is 0.609. The number of hydrogen-bond acceptors (Lipinski definition) is 5. The summed E-state index contributed by atoms with van der Waals surface area (Å²) in [6.45, 7) is -0.0329. The van der Waals surface area contributed by atoms with Crippen LogP contribution in [0, 0.1) is 0 Å². The number of halogens is 5. The fourth-order valence-electron chi connectivity index (χ4n) is 3.87. The highest BCUT2D eigenvalue weighted by Crippen LogP contribution is 2.36. The number of nitrogens with zero attached hydrogens (tertiary/aromatic N) is 2. The predicted octanol–water partition coefficient (Wildman–Crippen LogP) is 3.18. The zero-order valence-electron chi connectivity index (χ0n) is 17.1. The number of carbonyl (C=O) groups is 4. The predicted molar refractivity (Wildman–Crippen MR) is 113 cm³/mol. The van der Waals surface area contributed by atoms with Crippen LogP contribution in [0.4, 0.5) is 13.2 Å². The van der Waals surface area contributed by atoms with Gasteiger partial charge in [0.15, 0.2) is 6.04 Å². The van der Waals surface area contributed by atoms with Gasteiger partial charge < -0.3 is 10.2 Å². The van der Waals surface area contributed by atoms with Gasteiger partial charge in [-0.1, -0.05) is 23.2 Å². The zero-order valence-corrected chi connectivity index (χ0v) is 18.6. The van der Waals surface area contributed by atoms with Crippen LogP contribution >= 0.6 is 23.2 Å². The lowest BCUT2D eigenvalue weighted by Crippen LogP contribution is -2.52. The van der Waals surface area contributed by atoms with Crippen LogP contribution in [-0.4, -0.2) is 45.7 Å². The van der Waals surface area contributed by atoms with E-state index in [1.165, 1.54) is 23.1 Å². The van der Waals surface area contributed by atoms with E-state index in [1.807, 2.05) is 5.32 Å². The summed E-state index contributed by atoms with van der Waals surface area (Å²) in [5.41, 5.74) is -0.159. The molecule has 2 N–H and O–H groups in total. The largest absolute Gasteiger partial charge is 0.414 e. The van der Waals surface area contributed by atoms with E-state index < -0.39 is 47.6 Å². The molecule has 1 saturated heterocycles. The van der Waals surface area contributed by atoms with E-state index in [4.69, 9.17) is 23.2 Å². The van der Waals surface area contributed by atoms with E-state index in [9.17, 15) is 32.3 Å². The molecule has 0 unspecified atom stereocenters. The Morgan fingerprint density at radius 1 is 1.21 bits per heavy atom. The average molecular weight is 515 g/mol. The first-order chi connectivity index (χ1) is 16.0. The van der Waals surface area contributed by atoms with Gasteiger partial charge in [0, 0.05) is 30.3 Å². The van der Waals surface area contributed by atoms with E-state index in [-0.39, 0.29) is 40.6 Å². The van der Waals surface area contributed by atoms with Crippen molar-refractivity contribution < 1.29 is 32.3 Å². The molecule has 1 aromatic heterocycles. The molecule has 13 heteroatoms. The summed E-state index contributed by atoms with van der Waals surface area (Å²) in [4.78, 5) is 53.8. The molecule has 1 aromatic carbocycles. The van der Waals surface area contributed by atoms with Gasteiger partial charge >= 0.3 is 6.18 Å². The number of rotatable bonds is 4. The highest BCUT2D eigenvalue weighted by molar-refractivity contribution is 6.34. The minimum Gasteiger partial charge on any atom is -0.335 e. The fraction of sp³-hybridized carbons (Fsp3) is 0.286. The Morgan fingerprint density at radius 2 is 1.94 bits per heavy atom. The number of fused-ring (bicyclic) bond motifs is 1. The molecule has 1 fully saturated rings. The molecule has 0 spiro atoms. The van der Waals surface area contributed by atoms with E-state index >= 15 is 0 Å². The van der Waals surface area contributed by atoms with Crippen molar-refractivity contribution in [1.29, 1.82) is 0 Å². The Hall–Kier alpha value is -3.18. The van der Waals surface area contributed by atoms with Crippen molar-refractivity contribution in [2.45, 2.75) is 37.6 Å². The number of aromatic nitrogens is 1. The van der Waals surface area contributed by atoms with Crippen LogP contribution < -0.4 is 10.6 Å². The first-order valence-electron chi connectivity index (χ1n) is 9.92. The maximum absolute atomic E-state index is 13.7. The lowest BCUT2D eigenvalue weighted by atomic mass is 10.0. The lowest BCUT2D eigenvalue weighted by Gasteiger charge is -2.29. The molecule has 3 heterocycles. The number of carbonyl (C=O) groups excluding carboxylic acids is 4. The molecule has 2 aliphatic heterocycles. The van der Waals surface area contributed by atoms with Crippen LogP contribution in [0.3, 0.4) is 0 Å². The van der Waals surface area contributed by atoms with Crippen molar-refractivity contribution in [2.24, 2.45) is 0 Å². The van der Waals surface area contributed by atoms with E-state index in [0.717, 1.165) is 12.3 Å². The smallest absolute Gasteiger partial charge is 0.335 e. The minimum atomic E-state index is -4.91. The number of pyridine rings is 1. The number of hydrogen-bond donors (Lipinski definition) is 2. The fourth-order valence-corrected chi connectivity index (χ4v) is 4.36. The second-order valence-corrected chi connectivity index (χ2v) is 8.58. The SMILES string of the molecule is O=C1CC[C@@H](N2Cc3cc(C(=O)N[C@H](c4ncc(Cl)cc4Cl)C(F)(F)F)ccc3C2=O)C(=O)N1. The minimum absolute atomic E-state index is 0.0323. The molecule has 4 amide bonds. The molecule has 34 heavy (non-hydrogen) atoms. The molecule has 0 aliphatic carbocycles. The summed E-state index contributed by atoms with van der Waals surface area (Å²) >= 11 is 11.6. The number of amides is 4. The molecular formula is C21H15Cl2F3N4O4. The number of benzene rings is 1. The van der Waals surface area contributed by atoms with Crippen molar-refractivity contribution in [3.05, 3.63) is 62.9 Å². The third-order valence-corrected chi connectivity index (χ3v) is 6.01. The Balaban J connectivity index is 1.56. The standard InChI is InChI=1S/C21H15Cl2F3N4O4/c22-11-6-13(23)16(27-7-11)17(21(24,25)26)29-18(32)9-1-2-12-10(5-9)8-30(20(12)34)14-3-4-15(31)28-19(14)33/h1-2,5-7,14,17H,3-4,8H2,(H,29,32)(H,28,31,33)/t14-,17-/m1/s1. The number of imide groups is 1. The third-order valence-electron chi connectivity index (χ3n) is 5.50. The second kappa shape index (κ2) is 8.88. The Morgan fingerprint density at radius 3 is 2.59 bits per heavy atom. The molecule has 178 valence electrons. The average Bonchev–Trinajstić information content (AvgIpc) is 3.07. The summed E-state index contributed by atoms with van der Waals surface area (Å²) in [5.74, 6) is -2.57. The lowest BCUT2D eigenvalue weighted by molar-refractivity contribution is -0.156. The Labute approximate surface area is 200 Å². The maximum Gasteiger partial charge on any atom is 0.414 e. The Kier molecular flexibility index (Phi) is 6.26. The summed E-state index contributed by atoms with van der Waals surface area (Å²) < 4.78 is 41.1. The van der Waals surface area contributed by atoms with Gasteiger partial charge in [0.05, 0.1) is 15.7 Å². The Bertz CT molecular complexity index is 1220. The van der Waals surface area contributed by atoms with Crippen molar-refractivity contribution in [1.82, 2.24) is 20.5 Å². The number of alkyl halides is 3. The van der Waals surface area contributed by atoms with Crippen molar-refractivity contribution in [3.63, 3.8) is 0 Å². The van der Waals surface area contributed by atoms with Crippen molar-refractivity contribution in [2.75, 3.05) is 0 Å². The highest BCUT2D eigenvalue weighted by atomic mass is 35.5. The summed E-state index contributed by atoms with van der Waals surface area (Å²) in [7, 11) is 0. The first kappa shape index (κ1) is 24.0. The monoisotopic (exact) mass is 514 g/mol. The summed E-state index contributed by atoms with van der Waals surface area (Å²) in [5, 5.41) is 3.73.